The molecule has 2 bridgehead atoms. The van der Waals surface area contributed by atoms with Crippen molar-refractivity contribution >= 4 is 5.78 Å². The number of nitrogens with zero attached hydrogens (tertiary/aromatic N) is 3. The van der Waals surface area contributed by atoms with Gasteiger partial charge in [-0.05, 0) is 24.5 Å². The fraction of sp³-hybridized carbons (Fsp3) is 0.522. The van der Waals surface area contributed by atoms with Crippen LogP contribution in [0.3, 0.4) is 0 Å². The Hall–Kier alpha value is -2.63. The molecule has 0 saturated heterocycles. The number of benzene rings is 1. The molecule has 0 N–H and O–H groups in total. The molecule has 5 aliphatic rings. The van der Waals surface area contributed by atoms with Gasteiger partial charge < -0.3 is 0 Å². The van der Waals surface area contributed by atoms with Gasteiger partial charge in [-0.3, -0.25) is 4.79 Å². The van der Waals surface area contributed by atoms with Gasteiger partial charge in [0.05, 0.1) is 17.8 Å². The van der Waals surface area contributed by atoms with Crippen molar-refractivity contribution in [2.24, 2.45) is 22.7 Å². The maximum absolute atomic E-state index is 13.5. The number of hydrogen-bond donors (Lipinski definition) is 0. The molecule has 3 unspecified atom stereocenters. The summed E-state index contributed by atoms with van der Waals surface area (Å²) in [4.78, 5) is 39.9. The summed E-state index contributed by atoms with van der Waals surface area (Å²) < 4.78 is 4.58. The Morgan fingerprint density at radius 2 is 1.76 bits per heavy atom. The first-order valence-electron chi connectivity index (χ1n) is 10.7. The second kappa shape index (κ2) is 5.29. The summed E-state index contributed by atoms with van der Waals surface area (Å²) in [6.45, 7) is 4.26. The number of carbonyl (C=O) groups excluding carboxylic acids is 1. The minimum atomic E-state index is -0.424. The second-order valence-corrected chi connectivity index (χ2v) is 9.33. The van der Waals surface area contributed by atoms with E-state index in [4.69, 9.17) is 0 Å². The largest absolute Gasteiger partial charge is 0.352 e. The first kappa shape index (κ1) is 17.2. The number of para-hydroxylation sites is 1. The molecule has 6 atom stereocenters. The van der Waals surface area contributed by atoms with Crippen molar-refractivity contribution in [2.75, 3.05) is 0 Å². The molecule has 0 amide bonds. The number of unbranched alkanes of at least 4 members (excludes halogenated alkanes) is 1. The molecule has 1 aromatic heterocycles. The predicted molar refractivity (Wildman–Crippen MR) is 108 cm³/mol. The van der Waals surface area contributed by atoms with E-state index in [0.29, 0.717) is 23.8 Å². The number of ketones is 1. The highest BCUT2D eigenvalue weighted by Crippen LogP contribution is 2.87. The SMILES string of the molecule is CCCC[C@H]1CC(=O)[C@@]2(C)[C@@H]3C4C=CC(n5c(=O)n(-c6ccccc6)c(=O)n54)C132. The van der Waals surface area contributed by atoms with E-state index in [1.54, 1.807) is 21.5 Å². The zero-order valence-electron chi connectivity index (χ0n) is 16.7. The zero-order valence-corrected chi connectivity index (χ0v) is 16.7. The van der Waals surface area contributed by atoms with Gasteiger partial charge in [0.1, 0.15) is 5.78 Å². The number of hydrogen-bond acceptors (Lipinski definition) is 3. The number of aromatic nitrogens is 3. The highest BCUT2D eigenvalue weighted by atomic mass is 16.2. The Kier molecular flexibility index (Phi) is 3.15. The summed E-state index contributed by atoms with van der Waals surface area (Å²) >= 11 is 0. The molecule has 1 spiro atoms. The lowest BCUT2D eigenvalue weighted by Gasteiger charge is -2.42. The minimum absolute atomic E-state index is 0.122. The van der Waals surface area contributed by atoms with Gasteiger partial charge in [0.15, 0.2) is 0 Å². The van der Waals surface area contributed by atoms with Crippen LogP contribution in [0.15, 0.2) is 52.1 Å². The van der Waals surface area contributed by atoms with Crippen molar-refractivity contribution in [1.29, 1.82) is 0 Å². The van der Waals surface area contributed by atoms with E-state index >= 15 is 0 Å². The standard InChI is InChI=1S/C23H25N3O3/c1-3-4-8-14-13-18(27)22(2)19-16-11-12-17(23(14,19)22)26-21(29)24(20(28)25(16)26)15-9-6-5-7-10-15/h5-7,9-12,14,16-17,19H,3-4,8,13H2,1-2H3/t14-,16?,17?,19-,22-,23?/m0/s1. The van der Waals surface area contributed by atoms with Crippen molar-refractivity contribution in [3.63, 3.8) is 0 Å². The number of rotatable bonds is 4. The fourth-order valence-electron chi connectivity index (χ4n) is 7.35. The summed E-state index contributed by atoms with van der Waals surface area (Å²) in [5, 5.41) is 0. The van der Waals surface area contributed by atoms with Crippen LogP contribution in [-0.4, -0.2) is 19.7 Å². The molecule has 7 rings (SSSR count). The third kappa shape index (κ3) is 1.66. The molecular weight excluding hydrogens is 366 g/mol. The van der Waals surface area contributed by atoms with Gasteiger partial charge in [0.25, 0.3) is 0 Å². The topological polar surface area (TPSA) is 66.0 Å². The van der Waals surface area contributed by atoms with E-state index in [1.807, 2.05) is 18.2 Å². The number of Topliss-reactive ketones (excluding diaryl/α,β-unsaturated/α-hetero) is 1. The van der Waals surface area contributed by atoms with Crippen molar-refractivity contribution in [3.8, 4) is 5.69 Å². The highest BCUT2D eigenvalue weighted by Gasteiger charge is 2.89. The molecule has 3 heterocycles. The molecule has 3 aliphatic carbocycles. The van der Waals surface area contributed by atoms with Crippen LogP contribution in [0.5, 0.6) is 0 Å². The van der Waals surface area contributed by atoms with Crippen molar-refractivity contribution in [1.82, 2.24) is 13.9 Å². The molecule has 6 nitrogen and oxygen atoms in total. The zero-order chi connectivity index (χ0) is 20.1. The first-order chi connectivity index (χ1) is 14.0. The predicted octanol–water partition coefficient (Wildman–Crippen LogP) is 2.87. The third-order valence-corrected chi connectivity index (χ3v) is 8.43. The summed E-state index contributed by atoms with van der Waals surface area (Å²) in [5.41, 5.74) is -0.641. The average molecular weight is 391 g/mol. The fourth-order valence-corrected chi connectivity index (χ4v) is 7.35. The molecular formula is C23H25N3O3. The molecule has 2 fully saturated rings. The van der Waals surface area contributed by atoms with Crippen molar-refractivity contribution < 1.29 is 4.79 Å². The van der Waals surface area contributed by atoms with Gasteiger partial charge >= 0.3 is 11.4 Å². The lowest BCUT2D eigenvalue weighted by Crippen LogP contribution is -2.47. The molecule has 2 aliphatic heterocycles. The number of carbonyl (C=O) groups is 1. The first-order valence-corrected chi connectivity index (χ1v) is 10.7. The molecule has 150 valence electrons. The Labute approximate surface area is 168 Å². The van der Waals surface area contributed by atoms with Crippen molar-refractivity contribution in [3.05, 3.63) is 63.5 Å². The molecule has 0 radical (unpaired) electrons. The Bertz CT molecular complexity index is 1190. The van der Waals surface area contributed by atoms with Crippen LogP contribution in [0.1, 0.15) is 51.6 Å². The van der Waals surface area contributed by atoms with Crippen LogP contribution < -0.4 is 11.4 Å². The van der Waals surface area contributed by atoms with E-state index in [9.17, 15) is 14.4 Å². The normalized spacial score (nSPS) is 38.1. The van der Waals surface area contributed by atoms with Gasteiger partial charge in [0.2, 0.25) is 0 Å². The summed E-state index contributed by atoms with van der Waals surface area (Å²) in [5.74, 6) is 0.736. The van der Waals surface area contributed by atoms with Crippen LogP contribution in [0.25, 0.3) is 5.69 Å². The van der Waals surface area contributed by atoms with Gasteiger partial charge in [-0.25, -0.2) is 23.5 Å². The van der Waals surface area contributed by atoms with E-state index in [1.165, 1.54) is 4.57 Å². The maximum Gasteiger partial charge on any atom is 0.352 e. The summed E-state index contributed by atoms with van der Waals surface area (Å²) in [7, 11) is 0. The van der Waals surface area contributed by atoms with Crippen LogP contribution in [0, 0.1) is 22.7 Å². The molecule has 2 aromatic rings. The van der Waals surface area contributed by atoms with E-state index in [-0.39, 0.29) is 34.8 Å². The summed E-state index contributed by atoms with van der Waals surface area (Å²) in [6.07, 6.45) is 7.98. The lowest BCUT2D eigenvalue weighted by atomic mass is 9.73. The molecule has 6 heteroatoms. The van der Waals surface area contributed by atoms with E-state index in [0.717, 1.165) is 19.3 Å². The molecule has 2 saturated carbocycles. The Morgan fingerprint density at radius 1 is 1.03 bits per heavy atom. The van der Waals surface area contributed by atoms with E-state index in [2.05, 4.69) is 26.0 Å². The number of allylic oxidation sites excluding steroid dienone is 2. The van der Waals surface area contributed by atoms with Crippen LogP contribution in [0.4, 0.5) is 0 Å². The van der Waals surface area contributed by atoms with E-state index < -0.39 is 5.41 Å². The smallest absolute Gasteiger partial charge is 0.299 e. The third-order valence-electron chi connectivity index (χ3n) is 8.43. The quantitative estimate of drug-likeness (QED) is 0.753. The van der Waals surface area contributed by atoms with Crippen LogP contribution in [-0.2, 0) is 4.79 Å². The van der Waals surface area contributed by atoms with Gasteiger partial charge in [-0.1, -0.05) is 57.0 Å². The second-order valence-electron chi connectivity index (χ2n) is 9.33. The summed E-state index contributed by atoms with van der Waals surface area (Å²) in [6, 6.07) is 8.67. The van der Waals surface area contributed by atoms with Crippen LogP contribution >= 0.6 is 0 Å². The highest BCUT2D eigenvalue weighted by molar-refractivity contribution is 5.94. The Morgan fingerprint density at radius 3 is 2.48 bits per heavy atom. The average Bonchev–Trinajstić information content (AvgIpc) is 3.16. The minimum Gasteiger partial charge on any atom is -0.299 e. The van der Waals surface area contributed by atoms with Gasteiger partial charge in [-0.2, -0.15) is 0 Å². The van der Waals surface area contributed by atoms with Gasteiger partial charge in [-0.15, -0.1) is 0 Å². The van der Waals surface area contributed by atoms with Gasteiger partial charge in [0, 0.05) is 23.2 Å². The van der Waals surface area contributed by atoms with Crippen LogP contribution in [0.2, 0.25) is 0 Å². The molecule has 29 heavy (non-hydrogen) atoms. The maximum atomic E-state index is 13.5. The monoisotopic (exact) mass is 391 g/mol. The lowest BCUT2D eigenvalue weighted by molar-refractivity contribution is -0.123. The Balaban J connectivity index is 1.57. The van der Waals surface area contributed by atoms with Crippen molar-refractivity contribution in [2.45, 2.75) is 51.6 Å². The molecule has 1 aromatic carbocycles.